The molecule has 0 aliphatic rings. The van der Waals surface area contributed by atoms with E-state index in [1.807, 2.05) is 12.1 Å². The van der Waals surface area contributed by atoms with Crippen molar-refractivity contribution in [2.24, 2.45) is 0 Å². The van der Waals surface area contributed by atoms with Gasteiger partial charge in [0.1, 0.15) is 0 Å². The fraction of sp³-hybridized carbons (Fsp3) is 0.696. The lowest BCUT2D eigenvalue weighted by Crippen LogP contribution is -2.36. The van der Waals surface area contributed by atoms with Gasteiger partial charge in [-0.2, -0.15) is 0 Å². The lowest BCUT2D eigenvalue weighted by molar-refractivity contribution is 0.354. The second-order valence-corrected chi connectivity index (χ2v) is 7.71. The average Bonchev–Trinajstić information content (AvgIpc) is 2.71. The van der Waals surface area contributed by atoms with Crippen LogP contribution >= 0.6 is 12.2 Å². The summed E-state index contributed by atoms with van der Waals surface area (Å²) >= 11 is 5.36. The van der Waals surface area contributed by atoms with Crippen LogP contribution in [0.5, 0.6) is 11.5 Å². The van der Waals surface area contributed by atoms with Gasteiger partial charge in [0, 0.05) is 13.1 Å². The largest absolute Gasteiger partial charge is 0.493 e. The molecule has 1 aromatic carbocycles. The summed E-state index contributed by atoms with van der Waals surface area (Å²) in [5.74, 6) is 1.52. The first-order valence-electron chi connectivity index (χ1n) is 10.9. The van der Waals surface area contributed by atoms with Crippen molar-refractivity contribution < 1.29 is 9.47 Å². The lowest BCUT2D eigenvalue weighted by Gasteiger charge is -2.12. The Labute approximate surface area is 177 Å². The average molecular weight is 409 g/mol. The van der Waals surface area contributed by atoms with Crippen molar-refractivity contribution in [3.63, 3.8) is 0 Å². The van der Waals surface area contributed by atoms with Crippen LogP contribution in [0.15, 0.2) is 18.2 Å². The van der Waals surface area contributed by atoms with Crippen molar-refractivity contribution in [3.8, 4) is 11.5 Å². The fourth-order valence-corrected chi connectivity index (χ4v) is 3.44. The van der Waals surface area contributed by atoms with E-state index < -0.39 is 0 Å². The third-order valence-electron chi connectivity index (χ3n) is 4.96. The quantitative estimate of drug-likeness (QED) is 0.274. The van der Waals surface area contributed by atoms with Crippen LogP contribution in [0, 0.1) is 0 Å². The number of nitrogens with one attached hydrogen (secondary N) is 2. The van der Waals surface area contributed by atoms with E-state index in [2.05, 4.69) is 23.6 Å². The second-order valence-electron chi connectivity index (χ2n) is 7.30. The first-order chi connectivity index (χ1) is 13.7. The normalized spacial score (nSPS) is 10.5. The highest BCUT2D eigenvalue weighted by Crippen LogP contribution is 2.27. The molecule has 0 amide bonds. The molecule has 0 radical (unpaired) electrons. The molecule has 28 heavy (non-hydrogen) atoms. The van der Waals surface area contributed by atoms with Gasteiger partial charge in [0.2, 0.25) is 0 Å². The molecule has 0 saturated carbocycles. The third-order valence-corrected chi connectivity index (χ3v) is 5.25. The highest BCUT2D eigenvalue weighted by molar-refractivity contribution is 7.80. The van der Waals surface area contributed by atoms with Crippen LogP contribution < -0.4 is 20.1 Å². The molecule has 5 heteroatoms. The number of ether oxygens (including phenoxy) is 2. The maximum atomic E-state index is 5.36. The van der Waals surface area contributed by atoms with E-state index >= 15 is 0 Å². The van der Waals surface area contributed by atoms with Gasteiger partial charge in [0.05, 0.1) is 14.2 Å². The Morgan fingerprint density at radius 1 is 0.786 bits per heavy atom. The molecule has 1 rings (SSSR count). The summed E-state index contributed by atoms with van der Waals surface area (Å²) in [6.45, 7) is 4.03. The van der Waals surface area contributed by atoms with Crippen LogP contribution in [0.1, 0.15) is 76.7 Å². The first kappa shape index (κ1) is 24.5. The van der Waals surface area contributed by atoms with Crippen LogP contribution in [-0.2, 0) is 6.42 Å². The van der Waals surface area contributed by atoms with Gasteiger partial charge in [-0.25, -0.2) is 0 Å². The molecule has 160 valence electrons. The topological polar surface area (TPSA) is 42.5 Å². The molecule has 0 heterocycles. The Morgan fingerprint density at radius 3 is 1.96 bits per heavy atom. The Hall–Kier alpha value is -1.49. The number of hydrogen-bond acceptors (Lipinski definition) is 3. The van der Waals surface area contributed by atoms with E-state index in [1.165, 1.54) is 69.8 Å². The van der Waals surface area contributed by atoms with Crippen LogP contribution in [0.25, 0.3) is 0 Å². The van der Waals surface area contributed by atoms with Gasteiger partial charge in [-0.1, -0.05) is 70.8 Å². The maximum absolute atomic E-state index is 5.36. The number of thiocarbonyl (C=S) groups is 1. The number of hydrogen-bond donors (Lipinski definition) is 2. The summed E-state index contributed by atoms with van der Waals surface area (Å²) < 4.78 is 10.6. The summed E-state index contributed by atoms with van der Waals surface area (Å²) in [4.78, 5) is 0. The van der Waals surface area contributed by atoms with Gasteiger partial charge < -0.3 is 20.1 Å². The SMILES string of the molecule is CCCCCCCCCCCCNC(=S)NCCc1ccc(OC)c(OC)c1. The van der Waals surface area contributed by atoms with E-state index in [1.54, 1.807) is 14.2 Å². The Bertz CT molecular complexity index is 537. The Morgan fingerprint density at radius 2 is 1.36 bits per heavy atom. The van der Waals surface area contributed by atoms with Gasteiger partial charge in [-0.05, 0) is 42.8 Å². The molecule has 0 spiro atoms. The Balaban J connectivity index is 2.00. The summed E-state index contributed by atoms with van der Waals surface area (Å²) in [6, 6.07) is 6.01. The molecule has 0 saturated heterocycles. The zero-order chi connectivity index (χ0) is 20.5. The van der Waals surface area contributed by atoms with Crippen LogP contribution in [0.2, 0.25) is 0 Å². The zero-order valence-electron chi connectivity index (χ0n) is 18.1. The standard InChI is InChI=1S/C23H40N2O2S/c1-4-5-6-7-8-9-10-11-12-13-17-24-23(28)25-18-16-20-14-15-21(26-2)22(19-20)27-3/h14-15,19H,4-13,16-18H2,1-3H3,(H2,24,25,28). The minimum atomic E-state index is 0.747. The Kier molecular flexibility index (Phi) is 14.4. The van der Waals surface area contributed by atoms with Crippen molar-refractivity contribution >= 4 is 17.3 Å². The van der Waals surface area contributed by atoms with E-state index in [0.29, 0.717) is 0 Å². The number of methoxy groups -OCH3 is 2. The first-order valence-corrected chi connectivity index (χ1v) is 11.3. The molecule has 0 fully saturated rings. The van der Waals surface area contributed by atoms with Crippen LogP contribution in [-0.4, -0.2) is 32.4 Å². The number of benzene rings is 1. The van der Waals surface area contributed by atoms with E-state index in [-0.39, 0.29) is 0 Å². The molecule has 0 aliphatic heterocycles. The highest BCUT2D eigenvalue weighted by Gasteiger charge is 2.04. The van der Waals surface area contributed by atoms with Crippen molar-refractivity contribution in [2.75, 3.05) is 27.3 Å². The van der Waals surface area contributed by atoms with E-state index in [4.69, 9.17) is 21.7 Å². The van der Waals surface area contributed by atoms with Crippen molar-refractivity contribution in [3.05, 3.63) is 23.8 Å². The summed E-state index contributed by atoms with van der Waals surface area (Å²) in [7, 11) is 3.31. The predicted molar refractivity (Wildman–Crippen MR) is 124 cm³/mol. The molecule has 0 bridgehead atoms. The monoisotopic (exact) mass is 408 g/mol. The van der Waals surface area contributed by atoms with Gasteiger partial charge >= 0.3 is 0 Å². The summed E-state index contributed by atoms with van der Waals surface area (Å²) in [6.07, 6.45) is 14.4. The summed E-state index contributed by atoms with van der Waals surface area (Å²) in [5, 5.41) is 7.34. The minimum absolute atomic E-state index is 0.747. The van der Waals surface area contributed by atoms with E-state index in [0.717, 1.165) is 36.1 Å². The molecule has 1 aromatic rings. The maximum Gasteiger partial charge on any atom is 0.166 e. The minimum Gasteiger partial charge on any atom is -0.493 e. The van der Waals surface area contributed by atoms with Crippen LogP contribution in [0.3, 0.4) is 0 Å². The molecule has 0 aromatic heterocycles. The smallest absolute Gasteiger partial charge is 0.166 e. The molecule has 0 aliphatic carbocycles. The molecular weight excluding hydrogens is 368 g/mol. The molecular formula is C23H40N2O2S. The number of unbranched alkanes of at least 4 members (excludes halogenated alkanes) is 9. The second kappa shape index (κ2) is 16.5. The highest BCUT2D eigenvalue weighted by atomic mass is 32.1. The van der Waals surface area contributed by atoms with Crippen molar-refractivity contribution in [2.45, 2.75) is 77.6 Å². The predicted octanol–water partition coefficient (Wildman–Crippen LogP) is 5.63. The third kappa shape index (κ3) is 11.4. The molecule has 4 nitrogen and oxygen atoms in total. The molecule has 0 atom stereocenters. The number of rotatable bonds is 16. The van der Waals surface area contributed by atoms with Crippen molar-refractivity contribution in [1.29, 1.82) is 0 Å². The zero-order valence-corrected chi connectivity index (χ0v) is 19.0. The summed E-state index contributed by atoms with van der Waals surface area (Å²) in [5.41, 5.74) is 1.20. The van der Waals surface area contributed by atoms with E-state index in [9.17, 15) is 0 Å². The van der Waals surface area contributed by atoms with Gasteiger partial charge in [-0.15, -0.1) is 0 Å². The molecule has 2 N–H and O–H groups in total. The van der Waals surface area contributed by atoms with Gasteiger partial charge in [0.25, 0.3) is 0 Å². The van der Waals surface area contributed by atoms with Gasteiger partial charge in [0.15, 0.2) is 16.6 Å². The lowest BCUT2D eigenvalue weighted by atomic mass is 10.1. The molecule has 0 unspecified atom stereocenters. The van der Waals surface area contributed by atoms with Gasteiger partial charge in [-0.3, -0.25) is 0 Å². The van der Waals surface area contributed by atoms with Crippen molar-refractivity contribution in [1.82, 2.24) is 10.6 Å². The van der Waals surface area contributed by atoms with Crippen LogP contribution in [0.4, 0.5) is 0 Å². The fourth-order valence-electron chi connectivity index (χ4n) is 3.23.